The van der Waals surface area contributed by atoms with Gasteiger partial charge in [0.15, 0.2) is 0 Å². The van der Waals surface area contributed by atoms with Crippen LogP contribution in [-0.4, -0.2) is 14.1 Å². The topological polar surface area (TPSA) is 35.9 Å². The second kappa shape index (κ2) is 20.5. The first kappa shape index (κ1) is 25.4. The number of aryl methyl sites for hydroxylation is 3. The van der Waals surface area contributed by atoms with E-state index in [9.17, 15) is 12.3 Å². The number of pyridine rings is 1. The number of hydrogen-bond acceptors (Lipinski definition) is 2. The molecule has 0 aliphatic heterocycles. The normalized spacial score (nSPS) is 23.0. The number of benzene rings is 9. The molecule has 81 heavy (non-hydrogen) atoms. The average Bonchev–Trinajstić information content (AvgIpc) is 0.977. The van der Waals surface area contributed by atoms with Crippen molar-refractivity contribution in [2.24, 2.45) is 0 Å². The maximum atomic E-state index is 10.5. The number of aromatic nitrogens is 4. The van der Waals surface area contributed by atoms with Crippen LogP contribution >= 0.6 is 0 Å². The standard InChI is InChI=1S/C75H66N4O.Pt/c1-48-21-19-22-49(2)71(48)54-32-36-67-69(41-54)77(47-78(67)72-61(51-23-13-11-14-24-51)42-55(73(4,5)6)43-62(72)53-31-35-64-65(40-53)75(9,10)38-37-74(64,7)8)56-27-20-28-57(44-56)80-58-33-34-60-59-29-17-18-30-66(59)79(68(60)45-58)70-39-50(3)63(46-76-70)52-25-15-12-16-26-52;/h11-36,39-43,46H,37-38H2,1-10H3;/q-2;/i1D3,2D3,3D3,7D3,8D3,9D3,10D3,11D,12D,13D,14D,15D,16D,23D,24D,25D,26D,31D,35D,37D2,38D2,40D;. The van der Waals surface area contributed by atoms with Crippen LogP contribution in [0.2, 0.25) is 0 Å². The molecule has 3 heterocycles. The van der Waals surface area contributed by atoms with Crippen LogP contribution in [0.5, 0.6) is 11.5 Å². The number of rotatable bonds is 9. The molecule has 5 nitrogen and oxygen atoms in total. The molecule has 0 fully saturated rings. The number of para-hydroxylation sites is 1. The zero-order valence-electron chi connectivity index (χ0n) is 81.0. The van der Waals surface area contributed by atoms with Crippen LogP contribution in [0.3, 0.4) is 0 Å². The molecule has 0 saturated heterocycles. The van der Waals surface area contributed by atoms with Crippen molar-refractivity contribution in [2.45, 2.75) is 97.7 Å². The SMILES string of the molecule is [2H]c1c([2H])c([2H])c(-c2cnc(-n3c4[c-]c(Oc5[c-]c(-n6[c-][n+](-c7c(-c8c([2H])c([2H])c([2H])c([2H])c8[2H])cc(C(C)(C)C)cc7-c7c([2H])c([2H])c8c(c7[2H])C(C([2H])([2H])[2H])(C([2H])([2H])[2H])C([2H])([2H])C([2H])([2H])C8(C([2H])([2H])[2H])C([2H])([2H])[2H])c7ccc(-c8c(C([2H])([2H])[2H])cccc8C([2H])([2H])[2H])cc76)ccc5)ccc4c4ccccc43)cc2C([2H])([2H])[2H])c([2H])c1[2H].[Pt]. The van der Waals surface area contributed by atoms with Gasteiger partial charge < -0.3 is 13.9 Å². The summed E-state index contributed by atoms with van der Waals surface area (Å²) in [7, 11) is 0. The van der Waals surface area contributed by atoms with Gasteiger partial charge in [-0.25, -0.2) is 4.98 Å². The Morgan fingerprint density at radius 2 is 1.30 bits per heavy atom. The molecule has 6 heteroatoms. The molecule has 0 radical (unpaired) electrons. The van der Waals surface area contributed by atoms with Gasteiger partial charge in [-0.3, -0.25) is 4.57 Å². The molecule has 9 aromatic carbocycles. The minimum Gasteiger partial charge on any atom is -0.510 e. The van der Waals surface area contributed by atoms with E-state index in [0.717, 1.165) is 10.8 Å². The van der Waals surface area contributed by atoms with E-state index in [4.69, 9.17) is 44.5 Å². The molecule has 0 amide bonds. The van der Waals surface area contributed by atoms with Crippen molar-refractivity contribution >= 4 is 32.8 Å². The van der Waals surface area contributed by atoms with Crippen LogP contribution in [0.1, 0.15) is 146 Å². The largest absolute Gasteiger partial charge is 0.510 e. The van der Waals surface area contributed by atoms with Gasteiger partial charge in [-0.05, 0) is 151 Å². The minimum atomic E-state index is -4.78. The molecule has 13 rings (SSSR count). The van der Waals surface area contributed by atoms with E-state index in [0.29, 0.717) is 16.3 Å². The van der Waals surface area contributed by atoms with Crippen molar-refractivity contribution in [3.63, 3.8) is 0 Å². The van der Waals surface area contributed by atoms with Gasteiger partial charge in [-0.1, -0.05) is 193 Å². The van der Waals surface area contributed by atoms with Crippen LogP contribution < -0.4 is 9.30 Å². The van der Waals surface area contributed by atoms with Crippen molar-refractivity contribution in [1.82, 2.24) is 14.1 Å². The van der Waals surface area contributed by atoms with Crippen molar-refractivity contribution in [2.75, 3.05) is 0 Å². The van der Waals surface area contributed by atoms with Crippen molar-refractivity contribution < 1.29 is 82.5 Å². The second-order valence-electron chi connectivity index (χ2n) is 20.2. The van der Waals surface area contributed by atoms with E-state index in [1.54, 1.807) is 55.7 Å². The number of hydrogen-bond donors (Lipinski definition) is 0. The van der Waals surface area contributed by atoms with E-state index in [1.165, 1.54) is 83.4 Å². The van der Waals surface area contributed by atoms with E-state index < -0.39 is 217 Å². The third kappa shape index (κ3) is 9.54. The summed E-state index contributed by atoms with van der Waals surface area (Å²) in [6, 6.07) is 18.9. The van der Waals surface area contributed by atoms with Gasteiger partial charge >= 0.3 is 0 Å². The smallest absolute Gasteiger partial charge is 0.268 e. The maximum absolute atomic E-state index is 10.5. The molecular weight excluding hydrogens is 1170 g/mol. The fourth-order valence-electron chi connectivity index (χ4n) is 10.0. The molecule has 12 aromatic rings. The van der Waals surface area contributed by atoms with Gasteiger partial charge in [0.2, 0.25) is 0 Å². The Kier molecular flexibility index (Phi) is 6.40. The molecule has 1 aliphatic rings. The number of fused-ring (bicyclic) bond motifs is 5. The number of ether oxygens (including phenoxy) is 1. The fourth-order valence-corrected chi connectivity index (χ4v) is 10.0. The Bertz CT molecular complexity index is 6110. The summed E-state index contributed by atoms with van der Waals surface area (Å²) in [6.45, 7) is -22.2. The van der Waals surface area contributed by atoms with Gasteiger partial charge in [-0.2, -0.15) is 18.2 Å². The monoisotopic (exact) mass is 1270 g/mol. The van der Waals surface area contributed by atoms with Crippen LogP contribution in [0.4, 0.5) is 0 Å². The molecule has 0 atom stereocenters. The summed E-state index contributed by atoms with van der Waals surface area (Å²) < 4.78 is 355. The van der Waals surface area contributed by atoms with Crippen molar-refractivity contribution in [3.8, 4) is 73.2 Å². The fraction of sp³-hybridized carbons (Fsp3) is 0.200. The second-order valence-corrected chi connectivity index (χ2v) is 20.2. The van der Waals surface area contributed by atoms with E-state index >= 15 is 0 Å². The van der Waals surface area contributed by atoms with Gasteiger partial charge in [0, 0.05) is 84.1 Å². The summed E-state index contributed by atoms with van der Waals surface area (Å²) >= 11 is 0. The zero-order valence-corrected chi connectivity index (χ0v) is 45.3. The molecule has 0 unspecified atom stereocenters. The van der Waals surface area contributed by atoms with Gasteiger partial charge in [0.25, 0.3) is 6.33 Å². The molecule has 0 saturated carbocycles. The van der Waals surface area contributed by atoms with Crippen molar-refractivity contribution in [3.05, 3.63) is 246 Å². The van der Waals surface area contributed by atoms with E-state index in [1.807, 2.05) is 0 Å². The van der Waals surface area contributed by atoms with Crippen LogP contribution in [-0.2, 0) is 37.3 Å². The Balaban J connectivity index is 0.0000130. The average molecular weight is 1270 g/mol. The number of imidazole rings is 1. The first-order valence-corrected chi connectivity index (χ1v) is 24.9. The number of nitrogens with zero attached hydrogens (tertiary/aromatic N) is 4. The van der Waals surface area contributed by atoms with Crippen LogP contribution in [0.25, 0.3) is 94.5 Å². The Labute approximate surface area is 545 Å². The first-order valence-electron chi connectivity index (χ1n) is 43.9. The third-order valence-electron chi connectivity index (χ3n) is 13.9. The van der Waals surface area contributed by atoms with Gasteiger partial charge in [0.05, 0.1) is 34.5 Å². The first-order chi connectivity index (χ1) is 54.1. The summed E-state index contributed by atoms with van der Waals surface area (Å²) in [4.78, 5) is 4.64. The molecule has 1 aliphatic carbocycles. The molecule has 0 N–H and O–H groups in total. The summed E-state index contributed by atoms with van der Waals surface area (Å²) in [5.41, 5.74) is -19.9. The molecule has 0 spiro atoms. The summed E-state index contributed by atoms with van der Waals surface area (Å²) in [5, 5.41) is 1.12. The molecular formula is C75H66N4OPt-2. The van der Waals surface area contributed by atoms with Crippen LogP contribution in [0.15, 0.2) is 194 Å². The summed E-state index contributed by atoms with van der Waals surface area (Å²) in [5.74, 6) is -0.239. The van der Waals surface area contributed by atoms with Crippen LogP contribution in [0, 0.1) is 39.0 Å². The Morgan fingerprint density at radius 3 is 2.01 bits per heavy atom. The van der Waals surface area contributed by atoms with Crippen molar-refractivity contribution in [1.29, 1.82) is 0 Å². The quantitative estimate of drug-likeness (QED) is 0.107. The molecule has 3 aromatic heterocycles. The van der Waals surface area contributed by atoms with Gasteiger partial charge in [0.1, 0.15) is 5.82 Å². The predicted octanol–water partition coefficient (Wildman–Crippen LogP) is 18.8. The van der Waals surface area contributed by atoms with E-state index in [2.05, 4.69) is 23.4 Å². The Morgan fingerprint density at radius 1 is 0.617 bits per heavy atom. The third-order valence-corrected chi connectivity index (χ3v) is 13.9. The minimum absolute atomic E-state index is 0. The van der Waals surface area contributed by atoms with E-state index in [-0.39, 0.29) is 82.9 Å². The zero-order chi connectivity index (χ0) is 87.6. The maximum Gasteiger partial charge on any atom is 0.268 e. The van der Waals surface area contributed by atoms with Gasteiger partial charge in [-0.15, -0.1) is 29.7 Å². The summed E-state index contributed by atoms with van der Waals surface area (Å²) in [6.07, 6.45) is -5.25. The molecule has 404 valence electrons. The Hall–Kier alpha value is -8.11. The molecule has 0 bridgehead atoms. The predicted molar refractivity (Wildman–Crippen MR) is 330 cm³/mol.